The summed E-state index contributed by atoms with van der Waals surface area (Å²) in [6, 6.07) is 4.58. The third-order valence-corrected chi connectivity index (χ3v) is 3.38. The number of ketones is 1. The summed E-state index contributed by atoms with van der Waals surface area (Å²) in [6.07, 6.45) is 4.34. The molecule has 1 heterocycles. The average molecular weight is 353 g/mol. The lowest BCUT2D eigenvalue weighted by atomic mass is 10.1. The molecule has 0 aliphatic rings. The Bertz CT molecular complexity index is 764. The lowest BCUT2D eigenvalue weighted by molar-refractivity contribution is 0.0994. The van der Waals surface area contributed by atoms with E-state index in [1.54, 1.807) is 16.9 Å². The van der Waals surface area contributed by atoms with Crippen molar-refractivity contribution in [3.63, 3.8) is 0 Å². The summed E-state index contributed by atoms with van der Waals surface area (Å²) in [6.45, 7) is 2.47. The maximum absolute atomic E-state index is 12.1. The molecule has 0 spiro atoms. The van der Waals surface area contributed by atoms with Gasteiger partial charge in [-0.2, -0.15) is 5.10 Å². The van der Waals surface area contributed by atoms with Crippen LogP contribution in [0.15, 0.2) is 36.7 Å². The van der Waals surface area contributed by atoms with E-state index < -0.39 is 5.91 Å². The van der Waals surface area contributed by atoms with Crippen LogP contribution in [0.4, 0.5) is 5.69 Å². The number of allylic oxidation sites excluding steroid dienone is 1. The van der Waals surface area contributed by atoms with Crippen LogP contribution in [0.5, 0.6) is 0 Å². The highest BCUT2D eigenvalue weighted by molar-refractivity contribution is 6.35. The standard InChI is InChI=1S/C15H14Cl2N4O2/c1-2-21-8-12(14(20-21)15(18)23)19-4-3-13(22)9-5-10(16)7-11(17)6-9/h3-8,19H,2H2,1H3,(H2,18,23)/b4-3+. The van der Waals surface area contributed by atoms with Crippen molar-refractivity contribution in [3.8, 4) is 0 Å². The van der Waals surface area contributed by atoms with Crippen LogP contribution in [0.1, 0.15) is 27.8 Å². The van der Waals surface area contributed by atoms with E-state index in [0.29, 0.717) is 27.8 Å². The first kappa shape index (κ1) is 17.1. The summed E-state index contributed by atoms with van der Waals surface area (Å²) in [5, 5.41) is 7.62. The minimum absolute atomic E-state index is 0.106. The summed E-state index contributed by atoms with van der Waals surface area (Å²) >= 11 is 11.7. The molecule has 1 aromatic heterocycles. The average Bonchev–Trinajstić information content (AvgIpc) is 2.89. The van der Waals surface area contributed by atoms with Gasteiger partial charge in [0.2, 0.25) is 0 Å². The molecular formula is C15H14Cl2N4O2. The number of carbonyl (C=O) groups excluding carboxylic acids is 2. The Balaban J connectivity index is 2.14. The number of nitrogens with one attached hydrogen (secondary N) is 1. The molecule has 8 heteroatoms. The number of aromatic nitrogens is 2. The predicted octanol–water partition coefficient (Wildman–Crippen LogP) is 3.12. The number of benzene rings is 1. The zero-order chi connectivity index (χ0) is 17.0. The number of amides is 1. The van der Waals surface area contributed by atoms with E-state index in [9.17, 15) is 9.59 Å². The Labute approximate surface area is 142 Å². The maximum Gasteiger partial charge on any atom is 0.271 e. The van der Waals surface area contributed by atoms with Gasteiger partial charge in [0.15, 0.2) is 11.5 Å². The van der Waals surface area contributed by atoms with Crippen molar-refractivity contribution in [1.29, 1.82) is 0 Å². The molecule has 0 saturated carbocycles. The monoisotopic (exact) mass is 352 g/mol. The zero-order valence-corrected chi connectivity index (χ0v) is 13.7. The van der Waals surface area contributed by atoms with Crippen LogP contribution in [0.3, 0.4) is 0 Å². The molecule has 0 bridgehead atoms. The molecule has 0 aliphatic heterocycles. The first-order valence-corrected chi connectivity index (χ1v) is 7.47. The van der Waals surface area contributed by atoms with Gasteiger partial charge in [-0.05, 0) is 25.1 Å². The van der Waals surface area contributed by atoms with Gasteiger partial charge < -0.3 is 11.1 Å². The van der Waals surface area contributed by atoms with Crippen LogP contribution in [0.25, 0.3) is 0 Å². The smallest absolute Gasteiger partial charge is 0.271 e. The molecule has 0 atom stereocenters. The number of anilines is 1. The van der Waals surface area contributed by atoms with Gasteiger partial charge >= 0.3 is 0 Å². The largest absolute Gasteiger partial charge is 0.364 e. The highest BCUT2D eigenvalue weighted by atomic mass is 35.5. The molecule has 0 aliphatic carbocycles. The normalized spacial score (nSPS) is 10.9. The van der Waals surface area contributed by atoms with Crippen molar-refractivity contribution in [2.75, 3.05) is 5.32 Å². The van der Waals surface area contributed by atoms with E-state index in [0.717, 1.165) is 0 Å². The van der Waals surface area contributed by atoms with Gasteiger partial charge in [0.05, 0.1) is 5.69 Å². The molecule has 0 fully saturated rings. The summed E-state index contributed by atoms with van der Waals surface area (Å²) in [5.41, 5.74) is 6.15. The third kappa shape index (κ3) is 4.34. The van der Waals surface area contributed by atoms with Crippen molar-refractivity contribution >= 4 is 40.6 Å². The summed E-state index contributed by atoms with van der Waals surface area (Å²) in [5.74, 6) is -0.938. The van der Waals surface area contributed by atoms with Gasteiger partial charge in [0.25, 0.3) is 5.91 Å². The quantitative estimate of drug-likeness (QED) is 0.617. The van der Waals surface area contributed by atoms with Gasteiger partial charge in [-0.15, -0.1) is 0 Å². The SMILES string of the molecule is CCn1cc(N/C=C/C(=O)c2cc(Cl)cc(Cl)c2)c(C(N)=O)n1. The lowest BCUT2D eigenvalue weighted by Crippen LogP contribution is -2.14. The molecule has 1 aromatic carbocycles. The Morgan fingerprint density at radius 2 is 1.96 bits per heavy atom. The minimum Gasteiger partial charge on any atom is -0.364 e. The summed E-state index contributed by atoms with van der Waals surface area (Å²) < 4.78 is 1.56. The fourth-order valence-corrected chi connectivity index (χ4v) is 2.40. The van der Waals surface area contributed by atoms with Crippen LogP contribution in [-0.2, 0) is 6.54 Å². The highest BCUT2D eigenvalue weighted by Crippen LogP contribution is 2.20. The highest BCUT2D eigenvalue weighted by Gasteiger charge is 2.12. The fourth-order valence-electron chi connectivity index (χ4n) is 1.87. The molecule has 0 saturated heterocycles. The molecule has 0 unspecified atom stereocenters. The van der Waals surface area contributed by atoms with Gasteiger partial charge in [0, 0.05) is 40.6 Å². The number of hydrogen-bond donors (Lipinski definition) is 2. The molecule has 1 amide bonds. The number of rotatable bonds is 6. The molecule has 3 N–H and O–H groups in total. The van der Waals surface area contributed by atoms with Crippen molar-refractivity contribution < 1.29 is 9.59 Å². The van der Waals surface area contributed by atoms with Crippen molar-refractivity contribution in [1.82, 2.24) is 9.78 Å². The second-order valence-corrected chi connectivity index (χ2v) is 5.48. The van der Waals surface area contributed by atoms with E-state index in [1.165, 1.54) is 24.4 Å². The zero-order valence-electron chi connectivity index (χ0n) is 12.2. The topological polar surface area (TPSA) is 90.0 Å². The second kappa shape index (κ2) is 7.30. The van der Waals surface area contributed by atoms with E-state index in [2.05, 4.69) is 10.4 Å². The van der Waals surface area contributed by atoms with Crippen molar-refractivity contribution in [3.05, 3.63) is 58.0 Å². The minimum atomic E-state index is -0.652. The van der Waals surface area contributed by atoms with Crippen LogP contribution >= 0.6 is 23.2 Å². The Hall–Kier alpha value is -2.31. The molecule has 2 aromatic rings. The molecule has 2 rings (SSSR count). The van der Waals surface area contributed by atoms with Crippen molar-refractivity contribution in [2.24, 2.45) is 5.73 Å². The molecule has 23 heavy (non-hydrogen) atoms. The first-order chi connectivity index (χ1) is 10.9. The van der Waals surface area contributed by atoms with Gasteiger partial charge in [-0.3, -0.25) is 14.3 Å². The fraction of sp³-hybridized carbons (Fsp3) is 0.133. The number of halogens is 2. The van der Waals surface area contributed by atoms with Crippen molar-refractivity contribution in [2.45, 2.75) is 13.5 Å². The molecule has 0 radical (unpaired) electrons. The van der Waals surface area contributed by atoms with Crippen LogP contribution in [0.2, 0.25) is 10.0 Å². The third-order valence-electron chi connectivity index (χ3n) is 2.94. The number of primary amides is 1. The maximum atomic E-state index is 12.1. The number of aryl methyl sites for hydroxylation is 1. The Morgan fingerprint density at radius 3 is 2.52 bits per heavy atom. The lowest BCUT2D eigenvalue weighted by Gasteiger charge is -2.00. The Kier molecular flexibility index (Phi) is 5.41. The summed E-state index contributed by atoms with van der Waals surface area (Å²) in [4.78, 5) is 23.4. The number of nitrogens with zero attached hydrogens (tertiary/aromatic N) is 2. The van der Waals surface area contributed by atoms with E-state index >= 15 is 0 Å². The molecular weight excluding hydrogens is 339 g/mol. The molecule has 6 nitrogen and oxygen atoms in total. The molecule has 120 valence electrons. The van der Waals surface area contributed by atoms with E-state index in [4.69, 9.17) is 28.9 Å². The van der Waals surface area contributed by atoms with Crippen LogP contribution in [0, 0.1) is 0 Å². The van der Waals surface area contributed by atoms with Gasteiger partial charge in [-0.1, -0.05) is 23.2 Å². The predicted molar refractivity (Wildman–Crippen MR) is 90.0 cm³/mol. The Morgan fingerprint density at radius 1 is 1.30 bits per heavy atom. The second-order valence-electron chi connectivity index (χ2n) is 4.61. The van der Waals surface area contributed by atoms with E-state index in [1.807, 2.05) is 6.92 Å². The number of hydrogen-bond acceptors (Lipinski definition) is 4. The van der Waals surface area contributed by atoms with Gasteiger partial charge in [-0.25, -0.2) is 0 Å². The van der Waals surface area contributed by atoms with Gasteiger partial charge in [0.1, 0.15) is 0 Å². The van der Waals surface area contributed by atoms with E-state index in [-0.39, 0.29) is 11.5 Å². The van der Waals surface area contributed by atoms with Crippen LogP contribution in [-0.4, -0.2) is 21.5 Å². The number of nitrogens with two attached hydrogens (primary N) is 1. The van der Waals surface area contributed by atoms with Crippen LogP contribution < -0.4 is 11.1 Å². The first-order valence-electron chi connectivity index (χ1n) is 6.71. The number of carbonyl (C=O) groups is 2. The summed E-state index contributed by atoms with van der Waals surface area (Å²) in [7, 11) is 0.